The molecule has 1 unspecified atom stereocenters. The molecule has 1 atom stereocenters. The van der Waals surface area contributed by atoms with Crippen LogP contribution in [0, 0.1) is 0 Å². The van der Waals surface area contributed by atoms with Crippen LogP contribution in [0.2, 0.25) is 0 Å². The maximum Gasteiger partial charge on any atom is 0.242 e. The molecule has 0 bridgehead atoms. The Kier molecular flexibility index (Phi) is 3.81. The number of morpholine rings is 1. The molecule has 3 rings (SSSR count). The van der Waals surface area contributed by atoms with E-state index < -0.39 is 0 Å². The highest BCUT2D eigenvalue weighted by Crippen LogP contribution is 2.25. The molecule has 102 valence electrons. The summed E-state index contributed by atoms with van der Waals surface area (Å²) in [7, 11) is 0. The highest BCUT2D eigenvalue weighted by Gasteiger charge is 2.30. The Hall–Kier alpha value is -0.980. The third-order valence-corrected chi connectivity index (χ3v) is 4.08. The lowest BCUT2D eigenvalue weighted by atomic mass is 10.1. The summed E-state index contributed by atoms with van der Waals surface area (Å²) >= 11 is 3.42. The number of carbonyl (C=O) groups is 1. The second-order valence-corrected chi connectivity index (χ2v) is 5.77. The van der Waals surface area contributed by atoms with Gasteiger partial charge in [-0.05, 0) is 40.4 Å². The summed E-state index contributed by atoms with van der Waals surface area (Å²) in [6.07, 6.45) is 3.41. The SMILES string of the molecule is O=C1Nc2ncc(Br)cc2CCC1N1CCOCC1. The molecule has 1 amide bonds. The molecule has 1 aromatic heterocycles. The van der Waals surface area contributed by atoms with E-state index in [0.717, 1.165) is 36.0 Å². The fraction of sp³-hybridized carbons (Fsp3) is 0.538. The summed E-state index contributed by atoms with van der Waals surface area (Å²) in [5.41, 5.74) is 1.10. The molecule has 1 aromatic rings. The molecule has 2 aliphatic rings. The van der Waals surface area contributed by atoms with Crippen LogP contribution in [0.5, 0.6) is 0 Å². The lowest BCUT2D eigenvalue weighted by Gasteiger charge is -2.32. The van der Waals surface area contributed by atoms with E-state index in [1.807, 2.05) is 6.07 Å². The lowest BCUT2D eigenvalue weighted by molar-refractivity contribution is -0.123. The van der Waals surface area contributed by atoms with Gasteiger partial charge in [-0.2, -0.15) is 0 Å². The molecular formula is C13H16BrN3O2. The number of ether oxygens (including phenoxy) is 1. The van der Waals surface area contributed by atoms with Crippen LogP contribution in [0.15, 0.2) is 16.7 Å². The summed E-state index contributed by atoms with van der Waals surface area (Å²) in [5, 5.41) is 2.94. The van der Waals surface area contributed by atoms with E-state index in [9.17, 15) is 4.79 Å². The molecule has 0 aromatic carbocycles. The summed E-state index contributed by atoms with van der Waals surface area (Å²) in [4.78, 5) is 18.8. The van der Waals surface area contributed by atoms with Crippen molar-refractivity contribution in [1.82, 2.24) is 9.88 Å². The topological polar surface area (TPSA) is 54.5 Å². The van der Waals surface area contributed by atoms with Crippen molar-refractivity contribution >= 4 is 27.7 Å². The minimum atomic E-state index is -0.0723. The van der Waals surface area contributed by atoms with Crippen molar-refractivity contribution in [2.75, 3.05) is 31.6 Å². The number of carbonyl (C=O) groups excluding carboxylic acids is 1. The number of anilines is 1. The Morgan fingerprint density at radius 2 is 2.21 bits per heavy atom. The number of hydrogen-bond donors (Lipinski definition) is 1. The zero-order valence-corrected chi connectivity index (χ0v) is 12.1. The fourth-order valence-corrected chi connectivity index (χ4v) is 3.02. The van der Waals surface area contributed by atoms with Crippen molar-refractivity contribution in [3.63, 3.8) is 0 Å². The lowest BCUT2D eigenvalue weighted by Crippen LogP contribution is -2.48. The monoisotopic (exact) mass is 325 g/mol. The Morgan fingerprint density at radius 3 is 3.00 bits per heavy atom. The number of halogens is 1. The van der Waals surface area contributed by atoms with Crippen LogP contribution in [0.25, 0.3) is 0 Å². The zero-order valence-electron chi connectivity index (χ0n) is 10.6. The molecule has 3 heterocycles. The van der Waals surface area contributed by atoms with Gasteiger partial charge in [0.1, 0.15) is 5.82 Å². The second kappa shape index (κ2) is 5.56. The maximum atomic E-state index is 12.3. The van der Waals surface area contributed by atoms with Gasteiger partial charge in [-0.25, -0.2) is 4.98 Å². The normalized spacial score (nSPS) is 24.5. The van der Waals surface area contributed by atoms with Gasteiger partial charge >= 0.3 is 0 Å². The van der Waals surface area contributed by atoms with Crippen LogP contribution in [0.4, 0.5) is 5.82 Å². The third-order valence-electron chi connectivity index (χ3n) is 3.65. The van der Waals surface area contributed by atoms with Crippen LogP contribution < -0.4 is 5.32 Å². The van der Waals surface area contributed by atoms with E-state index in [1.54, 1.807) is 6.20 Å². The number of aryl methyl sites for hydroxylation is 1. The van der Waals surface area contributed by atoms with Crippen LogP contribution in [0.3, 0.4) is 0 Å². The first-order valence-electron chi connectivity index (χ1n) is 6.51. The summed E-state index contributed by atoms with van der Waals surface area (Å²) in [6, 6.07) is 1.96. The summed E-state index contributed by atoms with van der Waals surface area (Å²) in [5.74, 6) is 0.749. The summed E-state index contributed by atoms with van der Waals surface area (Å²) in [6.45, 7) is 3.07. The number of pyridine rings is 1. The van der Waals surface area contributed by atoms with E-state index in [1.165, 1.54) is 0 Å². The van der Waals surface area contributed by atoms with E-state index in [-0.39, 0.29) is 11.9 Å². The van der Waals surface area contributed by atoms with Crippen molar-refractivity contribution in [1.29, 1.82) is 0 Å². The molecule has 19 heavy (non-hydrogen) atoms. The van der Waals surface area contributed by atoms with Crippen LogP contribution in [0.1, 0.15) is 12.0 Å². The van der Waals surface area contributed by atoms with Gasteiger partial charge in [0, 0.05) is 23.8 Å². The minimum absolute atomic E-state index is 0.0514. The standard InChI is InChI=1S/C13H16BrN3O2/c14-10-7-9-1-2-11(17-3-5-19-6-4-17)13(18)16-12(9)15-8-10/h7-8,11H,1-6H2,(H,15,16,18). The minimum Gasteiger partial charge on any atom is -0.379 e. The van der Waals surface area contributed by atoms with Gasteiger partial charge in [-0.1, -0.05) is 0 Å². The molecule has 0 spiro atoms. The van der Waals surface area contributed by atoms with E-state index in [2.05, 4.69) is 31.1 Å². The molecular weight excluding hydrogens is 310 g/mol. The molecule has 0 radical (unpaired) electrons. The highest BCUT2D eigenvalue weighted by atomic mass is 79.9. The van der Waals surface area contributed by atoms with Gasteiger partial charge in [-0.3, -0.25) is 9.69 Å². The van der Waals surface area contributed by atoms with Crippen LogP contribution >= 0.6 is 15.9 Å². The maximum absolute atomic E-state index is 12.3. The van der Waals surface area contributed by atoms with Crippen LogP contribution in [-0.4, -0.2) is 48.1 Å². The van der Waals surface area contributed by atoms with Gasteiger partial charge in [0.05, 0.1) is 19.3 Å². The molecule has 1 N–H and O–H groups in total. The van der Waals surface area contributed by atoms with Gasteiger partial charge in [-0.15, -0.1) is 0 Å². The Morgan fingerprint density at radius 1 is 1.42 bits per heavy atom. The highest BCUT2D eigenvalue weighted by molar-refractivity contribution is 9.10. The van der Waals surface area contributed by atoms with Gasteiger partial charge in [0.25, 0.3) is 0 Å². The van der Waals surface area contributed by atoms with Crippen molar-refractivity contribution in [2.45, 2.75) is 18.9 Å². The van der Waals surface area contributed by atoms with Crippen molar-refractivity contribution in [3.8, 4) is 0 Å². The Balaban J connectivity index is 1.79. The predicted molar refractivity (Wildman–Crippen MR) is 75.1 cm³/mol. The molecule has 6 heteroatoms. The largest absolute Gasteiger partial charge is 0.379 e. The number of fused-ring (bicyclic) bond motifs is 1. The average molecular weight is 326 g/mol. The third kappa shape index (κ3) is 2.80. The van der Waals surface area contributed by atoms with E-state index in [0.29, 0.717) is 19.0 Å². The first-order valence-corrected chi connectivity index (χ1v) is 7.30. The molecule has 0 saturated carbocycles. The van der Waals surface area contributed by atoms with Gasteiger partial charge < -0.3 is 10.1 Å². The molecule has 2 aliphatic heterocycles. The quantitative estimate of drug-likeness (QED) is 0.848. The fourth-order valence-electron chi connectivity index (χ4n) is 2.65. The van der Waals surface area contributed by atoms with Crippen molar-refractivity contribution in [3.05, 3.63) is 22.3 Å². The smallest absolute Gasteiger partial charge is 0.242 e. The molecule has 0 aliphatic carbocycles. The number of nitrogens with zero attached hydrogens (tertiary/aromatic N) is 2. The number of nitrogens with one attached hydrogen (secondary N) is 1. The number of hydrogen-bond acceptors (Lipinski definition) is 4. The molecule has 1 fully saturated rings. The Bertz CT molecular complexity index is 489. The van der Waals surface area contributed by atoms with Gasteiger partial charge in [0.2, 0.25) is 5.91 Å². The molecule has 5 nitrogen and oxygen atoms in total. The van der Waals surface area contributed by atoms with Gasteiger partial charge in [0.15, 0.2) is 0 Å². The first kappa shape index (κ1) is 13.0. The number of rotatable bonds is 1. The Labute approximate surface area is 120 Å². The summed E-state index contributed by atoms with van der Waals surface area (Å²) < 4.78 is 6.29. The predicted octanol–water partition coefficient (Wildman–Crippen LogP) is 1.43. The second-order valence-electron chi connectivity index (χ2n) is 4.85. The zero-order chi connectivity index (χ0) is 13.2. The van der Waals surface area contributed by atoms with E-state index >= 15 is 0 Å². The van der Waals surface area contributed by atoms with Crippen LogP contribution in [-0.2, 0) is 16.0 Å². The first-order chi connectivity index (χ1) is 9.24. The number of amides is 1. The molecule has 1 saturated heterocycles. The number of aromatic nitrogens is 1. The van der Waals surface area contributed by atoms with Crippen molar-refractivity contribution < 1.29 is 9.53 Å². The van der Waals surface area contributed by atoms with Crippen molar-refractivity contribution in [2.24, 2.45) is 0 Å². The average Bonchev–Trinajstić information content (AvgIpc) is 2.58. The van der Waals surface area contributed by atoms with E-state index in [4.69, 9.17) is 4.74 Å².